The zero-order valence-corrected chi connectivity index (χ0v) is 8.24. The molecule has 1 heterocycles. The first-order valence-corrected chi connectivity index (χ1v) is 4.98. The summed E-state index contributed by atoms with van der Waals surface area (Å²) in [6.45, 7) is 3.00. The Hall–Kier alpha value is -0.890. The summed E-state index contributed by atoms with van der Waals surface area (Å²) in [5.41, 5.74) is 6.84. The molecular weight excluding hydrogens is 160 g/mol. The maximum atomic E-state index is 5.49. The van der Waals surface area contributed by atoms with Crippen LogP contribution in [0.25, 0.3) is 0 Å². The zero-order chi connectivity index (χ0) is 9.52. The lowest BCUT2D eigenvalue weighted by Crippen LogP contribution is -2.03. The van der Waals surface area contributed by atoms with E-state index < -0.39 is 0 Å². The highest BCUT2D eigenvalue weighted by Crippen LogP contribution is 2.23. The first-order chi connectivity index (χ1) is 6.38. The Morgan fingerprint density at radius 1 is 1.54 bits per heavy atom. The minimum Gasteiger partial charge on any atom is -0.330 e. The third-order valence-corrected chi connectivity index (χ3v) is 2.41. The number of hydrogen-bond donors (Lipinski definition) is 1. The first-order valence-electron chi connectivity index (χ1n) is 4.98. The summed E-state index contributed by atoms with van der Waals surface area (Å²) in [6, 6.07) is 4.15. The molecule has 0 amide bonds. The molecule has 2 heteroatoms. The Kier molecular flexibility index (Phi) is 4.47. The van der Waals surface area contributed by atoms with Crippen LogP contribution >= 0.6 is 0 Å². The van der Waals surface area contributed by atoms with E-state index in [1.54, 1.807) is 0 Å². The summed E-state index contributed by atoms with van der Waals surface area (Å²) >= 11 is 0. The molecule has 0 radical (unpaired) electrons. The van der Waals surface area contributed by atoms with Crippen molar-refractivity contribution in [3.05, 3.63) is 30.1 Å². The smallest absolute Gasteiger partial charge is 0.0302 e. The van der Waals surface area contributed by atoms with Gasteiger partial charge in [0, 0.05) is 12.4 Å². The van der Waals surface area contributed by atoms with Crippen LogP contribution in [-0.2, 0) is 0 Å². The van der Waals surface area contributed by atoms with Crippen molar-refractivity contribution in [2.45, 2.75) is 32.1 Å². The molecule has 0 bridgehead atoms. The van der Waals surface area contributed by atoms with Crippen molar-refractivity contribution in [2.24, 2.45) is 5.73 Å². The van der Waals surface area contributed by atoms with E-state index in [2.05, 4.69) is 18.0 Å². The van der Waals surface area contributed by atoms with Gasteiger partial charge in [0.05, 0.1) is 0 Å². The quantitative estimate of drug-likeness (QED) is 0.751. The van der Waals surface area contributed by atoms with Crippen LogP contribution in [0.2, 0.25) is 0 Å². The predicted molar refractivity (Wildman–Crippen MR) is 55.6 cm³/mol. The predicted octanol–water partition coefficient (Wildman–Crippen LogP) is 2.31. The lowest BCUT2D eigenvalue weighted by molar-refractivity contribution is 0.579. The minimum absolute atomic E-state index is 0.636. The summed E-state index contributed by atoms with van der Waals surface area (Å²) < 4.78 is 0. The minimum atomic E-state index is 0.636. The van der Waals surface area contributed by atoms with Crippen LogP contribution in [0.4, 0.5) is 0 Å². The van der Waals surface area contributed by atoms with Gasteiger partial charge in [0.15, 0.2) is 0 Å². The van der Waals surface area contributed by atoms with Crippen LogP contribution in [0.15, 0.2) is 24.5 Å². The number of pyridine rings is 1. The van der Waals surface area contributed by atoms with Crippen LogP contribution in [0.1, 0.15) is 37.7 Å². The molecule has 0 aliphatic rings. The molecule has 2 nitrogen and oxygen atoms in total. The molecule has 2 N–H and O–H groups in total. The summed E-state index contributed by atoms with van der Waals surface area (Å²) in [4.78, 5) is 4.13. The molecule has 0 aliphatic carbocycles. The van der Waals surface area contributed by atoms with Gasteiger partial charge in [-0.05, 0) is 43.4 Å². The molecule has 1 unspecified atom stereocenters. The Balaban J connectivity index is 2.56. The van der Waals surface area contributed by atoms with E-state index in [0.717, 1.165) is 13.0 Å². The molecule has 0 fully saturated rings. The molecule has 13 heavy (non-hydrogen) atoms. The van der Waals surface area contributed by atoms with Crippen LogP contribution in [0.3, 0.4) is 0 Å². The molecule has 0 saturated heterocycles. The van der Waals surface area contributed by atoms with Gasteiger partial charge in [0.25, 0.3) is 0 Å². The van der Waals surface area contributed by atoms with Gasteiger partial charge in [-0.15, -0.1) is 0 Å². The van der Waals surface area contributed by atoms with Gasteiger partial charge in [0.1, 0.15) is 0 Å². The number of rotatable bonds is 5. The van der Waals surface area contributed by atoms with E-state index in [1.807, 2.05) is 18.5 Å². The average Bonchev–Trinajstić information content (AvgIpc) is 2.21. The molecular formula is C11H18N2. The fraction of sp³-hybridized carbons (Fsp3) is 0.545. The van der Waals surface area contributed by atoms with E-state index in [-0.39, 0.29) is 0 Å². The van der Waals surface area contributed by atoms with E-state index >= 15 is 0 Å². The van der Waals surface area contributed by atoms with Crippen molar-refractivity contribution in [3.8, 4) is 0 Å². The maximum absolute atomic E-state index is 5.49. The second kappa shape index (κ2) is 5.70. The SMILES string of the molecule is CCC(CCCN)c1cccnc1. The number of nitrogens with two attached hydrogens (primary N) is 1. The highest BCUT2D eigenvalue weighted by atomic mass is 14.6. The summed E-state index contributed by atoms with van der Waals surface area (Å²) in [5.74, 6) is 0.636. The Bertz CT molecular complexity index is 221. The topological polar surface area (TPSA) is 38.9 Å². The first kappa shape index (κ1) is 10.2. The molecule has 0 spiro atoms. The highest BCUT2D eigenvalue weighted by Gasteiger charge is 2.07. The van der Waals surface area contributed by atoms with Gasteiger partial charge in [-0.1, -0.05) is 13.0 Å². The van der Waals surface area contributed by atoms with Gasteiger partial charge < -0.3 is 5.73 Å². The molecule has 0 aliphatic heterocycles. The molecule has 1 aromatic rings. The van der Waals surface area contributed by atoms with E-state index in [0.29, 0.717) is 5.92 Å². The average molecular weight is 178 g/mol. The van der Waals surface area contributed by atoms with Crippen molar-refractivity contribution in [2.75, 3.05) is 6.54 Å². The highest BCUT2D eigenvalue weighted by molar-refractivity contribution is 5.14. The Morgan fingerprint density at radius 2 is 2.38 bits per heavy atom. The number of nitrogens with zero attached hydrogens (tertiary/aromatic N) is 1. The van der Waals surface area contributed by atoms with Crippen molar-refractivity contribution in [1.29, 1.82) is 0 Å². The Labute approximate surface area is 80.2 Å². The summed E-state index contributed by atoms with van der Waals surface area (Å²) in [5, 5.41) is 0. The second-order valence-electron chi connectivity index (χ2n) is 3.32. The van der Waals surface area contributed by atoms with Crippen LogP contribution < -0.4 is 5.73 Å². The van der Waals surface area contributed by atoms with E-state index in [1.165, 1.54) is 18.4 Å². The van der Waals surface area contributed by atoms with Crippen LogP contribution in [0, 0.1) is 0 Å². The summed E-state index contributed by atoms with van der Waals surface area (Å²) in [7, 11) is 0. The van der Waals surface area contributed by atoms with Crippen molar-refractivity contribution < 1.29 is 0 Å². The van der Waals surface area contributed by atoms with E-state index in [9.17, 15) is 0 Å². The van der Waals surface area contributed by atoms with Crippen LogP contribution in [0.5, 0.6) is 0 Å². The van der Waals surface area contributed by atoms with Crippen molar-refractivity contribution in [3.63, 3.8) is 0 Å². The normalized spacial score (nSPS) is 12.8. The number of hydrogen-bond acceptors (Lipinski definition) is 2. The van der Waals surface area contributed by atoms with Gasteiger partial charge >= 0.3 is 0 Å². The van der Waals surface area contributed by atoms with Gasteiger partial charge in [0.2, 0.25) is 0 Å². The lowest BCUT2D eigenvalue weighted by atomic mass is 9.93. The van der Waals surface area contributed by atoms with Crippen molar-refractivity contribution >= 4 is 0 Å². The maximum Gasteiger partial charge on any atom is 0.0302 e. The summed E-state index contributed by atoms with van der Waals surface area (Å²) in [6.07, 6.45) is 7.24. The monoisotopic (exact) mass is 178 g/mol. The third-order valence-electron chi connectivity index (χ3n) is 2.41. The fourth-order valence-corrected chi connectivity index (χ4v) is 1.59. The van der Waals surface area contributed by atoms with Gasteiger partial charge in [-0.25, -0.2) is 0 Å². The molecule has 1 rings (SSSR count). The van der Waals surface area contributed by atoms with E-state index in [4.69, 9.17) is 5.73 Å². The molecule has 0 aromatic carbocycles. The number of aromatic nitrogens is 1. The van der Waals surface area contributed by atoms with Crippen LogP contribution in [-0.4, -0.2) is 11.5 Å². The fourth-order valence-electron chi connectivity index (χ4n) is 1.59. The largest absolute Gasteiger partial charge is 0.330 e. The molecule has 1 aromatic heterocycles. The molecule has 72 valence electrons. The molecule has 1 atom stereocenters. The second-order valence-corrected chi connectivity index (χ2v) is 3.32. The third kappa shape index (κ3) is 3.15. The Morgan fingerprint density at radius 3 is 2.92 bits per heavy atom. The lowest BCUT2D eigenvalue weighted by Gasteiger charge is -2.13. The van der Waals surface area contributed by atoms with Gasteiger partial charge in [-0.3, -0.25) is 4.98 Å². The zero-order valence-electron chi connectivity index (χ0n) is 8.24. The van der Waals surface area contributed by atoms with Gasteiger partial charge in [-0.2, -0.15) is 0 Å². The van der Waals surface area contributed by atoms with Crippen molar-refractivity contribution in [1.82, 2.24) is 4.98 Å². The standard InChI is InChI=1S/C11H18N2/c1-2-10(5-3-7-12)11-6-4-8-13-9-11/h4,6,8-10H,2-3,5,7,12H2,1H3. The molecule has 0 saturated carbocycles.